The molecule has 3 N–H and O–H groups in total. The van der Waals surface area contributed by atoms with E-state index in [1.54, 1.807) is 27.7 Å². The van der Waals surface area contributed by atoms with E-state index in [1.165, 1.54) is 0 Å². The Morgan fingerprint density at radius 1 is 0.848 bits per heavy atom. The van der Waals surface area contributed by atoms with Crippen molar-refractivity contribution in [1.29, 1.82) is 0 Å². The van der Waals surface area contributed by atoms with Gasteiger partial charge in [0, 0.05) is 6.54 Å². The van der Waals surface area contributed by atoms with Gasteiger partial charge in [-0.2, -0.15) is 0 Å². The normalized spacial score (nSPS) is 12.7. The van der Waals surface area contributed by atoms with Crippen LogP contribution in [0, 0.1) is 0 Å². The predicted molar refractivity (Wildman–Crippen MR) is 126 cm³/mol. The van der Waals surface area contributed by atoms with Gasteiger partial charge in [0.2, 0.25) is 5.91 Å². The SMILES string of the molecule is C[C@@H](NC(=O)OC(C)(C)C)C(=O)NC[C@@H](Cc1ccccc1)NC(=O)OCc1ccccc1. The molecule has 8 nitrogen and oxygen atoms in total. The fraction of sp³-hybridized carbons (Fsp3) is 0.400. The van der Waals surface area contributed by atoms with Crippen molar-refractivity contribution >= 4 is 18.1 Å². The van der Waals surface area contributed by atoms with Gasteiger partial charge in [-0.1, -0.05) is 60.7 Å². The van der Waals surface area contributed by atoms with Crippen molar-refractivity contribution in [2.75, 3.05) is 6.54 Å². The Bertz CT molecular complexity index is 897. The quantitative estimate of drug-likeness (QED) is 0.536. The van der Waals surface area contributed by atoms with Crippen molar-refractivity contribution in [3.05, 3.63) is 71.8 Å². The van der Waals surface area contributed by atoms with Crippen molar-refractivity contribution in [1.82, 2.24) is 16.0 Å². The van der Waals surface area contributed by atoms with Crippen LogP contribution >= 0.6 is 0 Å². The molecule has 8 heteroatoms. The molecule has 0 bridgehead atoms. The number of amides is 3. The third kappa shape index (κ3) is 10.5. The average Bonchev–Trinajstić information content (AvgIpc) is 2.76. The highest BCUT2D eigenvalue weighted by molar-refractivity contribution is 5.85. The van der Waals surface area contributed by atoms with Gasteiger partial charge in [-0.15, -0.1) is 0 Å². The third-order valence-electron chi connectivity index (χ3n) is 4.51. The Labute approximate surface area is 195 Å². The summed E-state index contributed by atoms with van der Waals surface area (Å²) in [5, 5.41) is 8.09. The van der Waals surface area contributed by atoms with Crippen LogP contribution in [-0.2, 0) is 27.3 Å². The molecule has 0 saturated carbocycles. The first-order valence-electron chi connectivity index (χ1n) is 10.9. The fourth-order valence-corrected chi connectivity index (χ4v) is 2.93. The van der Waals surface area contributed by atoms with E-state index in [-0.39, 0.29) is 13.2 Å². The van der Waals surface area contributed by atoms with E-state index >= 15 is 0 Å². The second-order valence-corrected chi connectivity index (χ2v) is 8.71. The van der Waals surface area contributed by atoms with E-state index in [1.807, 2.05) is 60.7 Å². The number of rotatable bonds is 9. The van der Waals surface area contributed by atoms with Crippen molar-refractivity contribution in [2.45, 2.75) is 58.4 Å². The molecule has 0 aliphatic carbocycles. The lowest BCUT2D eigenvalue weighted by atomic mass is 10.1. The maximum atomic E-state index is 12.5. The largest absolute Gasteiger partial charge is 0.445 e. The summed E-state index contributed by atoms with van der Waals surface area (Å²) in [5.74, 6) is -0.390. The van der Waals surface area contributed by atoms with Crippen molar-refractivity contribution in [3.8, 4) is 0 Å². The lowest BCUT2D eigenvalue weighted by Crippen LogP contribution is -2.50. The summed E-state index contributed by atoms with van der Waals surface area (Å²) in [6.07, 6.45) is -0.752. The molecule has 0 fully saturated rings. The first-order chi connectivity index (χ1) is 15.6. The Morgan fingerprint density at radius 2 is 1.42 bits per heavy atom. The first kappa shape index (κ1) is 25.7. The van der Waals surface area contributed by atoms with E-state index in [0.29, 0.717) is 6.42 Å². The molecule has 33 heavy (non-hydrogen) atoms. The summed E-state index contributed by atoms with van der Waals surface area (Å²) >= 11 is 0. The zero-order valence-electron chi connectivity index (χ0n) is 19.6. The summed E-state index contributed by atoms with van der Waals surface area (Å²) in [5.41, 5.74) is 1.22. The summed E-state index contributed by atoms with van der Waals surface area (Å²) in [6, 6.07) is 17.8. The van der Waals surface area contributed by atoms with Gasteiger partial charge < -0.3 is 25.4 Å². The molecule has 2 atom stereocenters. The van der Waals surface area contributed by atoms with Crippen LogP contribution in [0.1, 0.15) is 38.8 Å². The van der Waals surface area contributed by atoms with Crippen LogP contribution in [0.15, 0.2) is 60.7 Å². The van der Waals surface area contributed by atoms with E-state index < -0.39 is 35.8 Å². The topological polar surface area (TPSA) is 106 Å². The predicted octanol–water partition coefficient (Wildman–Crippen LogP) is 3.55. The highest BCUT2D eigenvalue weighted by Crippen LogP contribution is 2.07. The van der Waals surface area contributed by atoms with Gasteiger partial charge in [-0.05, 0) is 45.2 Å². The van der Waals surface area contributed by atoms with Gasteiger partial charge in [0.15, 0.2) is 0 Å². The molecule has 2 aromatic carbocycles. The lowest BCUT2D eigenvalue weighted by molar-refractivity contribution is -0.122. The van der Waals surface area contributed by atoms with Crippen molar-refractivity contribution in [3.63, 3.8) is 0 Å². The van der Waals surface area contributed by atoms with Crippen LogP contribution in [-0.4, -0.2) is 42.3 Å². The molecule has 0 aromatic heterocycles. The molecule has 2 aromatic rings. The number of carbonyl (C=O) groups excluding carboxylic acids is 3. The smallest absolute Gasteiger partial charge is 0.408 e. The Balaban J connectivity index is 1.90. The van der Waals surface area contributed by atoms with Crippen LogP contribution in [0.3, 0.4) is 0 Å². The highest BCUT2D eigenvalue weighted by atomic mass is 16.6. The third-order valence-corrected chi connectivity index (χ3v) is 4.51. The fourth-order valence-electron chi connectivity index (χ4n) is 2.93. The number of hydrogen-bond acceptors (Lipinski definition) is 5. The Morgan fingerprint density at radius 3 is 2.00 bits per heavy atom. The minimum atomic E-state index is -0.803. The first-order valence-corrected chi connectivity index (χ1v) is 10.9. The number of benzene rings is 2. The van der Waals surface area contributed by atoms with Crippen LogP contribution < -0.4 is 16.0 Å². The summed E-state index contributed by atoms with van der Waals surface area (Å²) in [7, 11) is 0. The monoisotopic (exact) mass is 455 g/mol. The van der Waals surface area contributed by atoms with Gasteiger partial charge in [-0.3, -0.25) is 4.79 Å². The number of hydrogen-bond donors (Lipinski definition) is 3. The molecule has 0 unspecified atom stereocenters. The Kier molecular flexibility index (Phi) is 9.72. The van der Waals surface area contributed by atoms with Crippen LogP contribution in [0.4, 0.5) is 9.59 Å². The van der Waals surface area contributed by atoms with E-state index in [0.717, 1.165) is 11.1 Å². The van der Waals surface area contributed by atoms with Crippen LogP contribution in [0.5, 0.6) is 0 Å². The summed E-state index contributed by atoms with van der Waals surface area (Å²) in [6.45, 7) is 7.10. The van der Waals surface area contributed by atoms with Gasteiger partial charge in [-0.25, -0.2) is 9.59 Å². The molecular formula is C25H33N3O5. The lowest BCUT2D eigenvalue weighted by Gasteiger charge is -2.23. The number of carbonyl (C=O) groups is 3. The molecule has 178 valence electrons. The highest BCUT2D eigenvalue weighted by Gasteiger charge is 2.22. The molecule has 0 aliphatic heterocycles. The number of alkyl carbamates (subject to hydrolysis) is 2. The van der Waals surface area contributed by atoms with Gasteiger partial charge in [0.1, 0.15) is 18.2 Å². The summed E-state index contributed by atoms with van der Waals surface area (Å²) < 4.78 is 10.5. The van der Waals surface area contributed by atoms with E-state index in [4.69, 9.17) is 9.47 Å². The minimum absolute atomic E-state index is 0.147. The summed E-state index contributed by atoms with van der Waals surface area (Å²) in [4.78, 5) is 36.7. The van der Waals surface area contributed by atoms with Crippen molar-refractivity contribution < 1.29 is 23.9 Å². The standard InChI is InChI=1S/C25H33N3O5/c1-18(27-24(31)33-25(2,3)4)22(29)26-16-21(15-19-11-7-5-8-12-19)28-23(30)32-17-20-13-9-6-10-14-20/h5-14,18,21H,15-17H2,1-4H3,(H,26,29)(H,27,31)(H,28,30)/t18-,21-/m1/s1. The van der Waals surface area contributed by atoms with Crippen molar-refractivity contribution in [2.24, 2.45) is 0 Å². The van der Waals surface area contributed by atoms with Gasteiger partial charge in [0.25, 0.3) is 0 Å². The Hall–Kier alpha value is -3.55. The molecule has 0 radical (unpaired) electrons. The zero-order chi connectivity index (χ0) is 24.3. The number of nitrogens with one attached hydrogen (secondary N) is 3. The maximum Gasteiger partial charge on any atom is 0.408 e. The molecule has 0 spiro atoms. The van der Waals surface area contributed by atoms with Crippen LogP contribution in [0.25, 0.3) is 0 Å². The van der Waals surface area contributed by atoms with E-state index in [9.17, 15) is 14.4 Å². The zero-order valence-corrected chi connectivity index (χ0v) is 19.6. The van der Waals surface area contributed by atoms with Crippen LogP contribution in [0.2, 0.25) is 0 Å². The number of ether oxygens (including phenoxy) is 2. The molecular weight excluding hydrogens is 422 g/mol. The molecule has 2 rings (SSSR count). The molecule has 3 amide bonds. The van der Waals surface area contributed by atoms with Gasteiger partial charge in [0.05, 0.1) is 6.04 Å². The minimum Gasteiger partial charge on any atom is -0.445 e. The molecule has 0 aliphatic rings. The van der Waals surface area contributed by atoms with E-state index in [2.05, 4.69) is 16.0 Å². The van der Waals surface area contributed by atoms with Gasteiger partial charge >= 0.3 is 12.2 Å². The second-order valence-electron chi connectivity index (χ2n) is 8.71. The average molecular weight is 456 g/mol. The molecule has 0 heterocycles. The molecule has 0 saturated heterocycles. The second kappa shape index (κ2) is 12.5. The maximum absolute atomic E-state index is 12.5.